The van der Waals surface area contributed by atoms with Crippen LogP contribution >= 0.6 is 0 Å². The predicted molar refractivity (Wildman–Crippen MR) is 122 cm³/mol. The molecule has 0 atom stereocenters. The Morgan fingerprint density at radius 3 is 2.58 bits per heavy atom. The highest BCUT2D eigenvalue weighted by Gasteiger charge is 2.30. The van der Waals surface area contributed by atoms with E-state index in [0.29, 0.717) is 43.7 Å². The number of fused-ring (bicyclic) bond motifs is 1. The van der Waals surface area contributed by atoms with Gasteiger partial charge >= 0.3 is 0 Å². The summed E-state index contributed by atoms with van der Waals surface area (Å²) in [6, 6.07) is 0.0335. The smallest absolute Gasteiger partial charge is 0.270 e. The molecule has 0 bridgehead atoms. The second kappa shape index (κ2) is 8.66. The number of carbonyl (C=O) groups is 2. The molecule has 1 aliphatic heterocycles. The lowest BCUT2D eigenvalue weighted by Gasteiger charge is -2.35. The summed E-state index contributed by atoms with van der Waals surface area (Å²) in [7, 11) is 0. The van der Waals surface area contributed by atoms with E-state index >= 15 is 0 Å². The van der Waals surface area contributed by atoms with Gasteiger partial charge in [-0.2, -0.15) is 9.61 Å². The zero-order valence-corrected chi connectivity index (χ0v) is 19.2. The highest BCUT2D eigenvalue weighted by atomic mass is 16.3. The first-order chi connectivity index (χ1) is 15.6. The monoisotopic (exact) mass is 457 g/mol. The summed E-state index contributed by atoms with van der Waals surface area (Å²) in [4.78, 5) is 40.2. The number of hydrogen-bond acceptors (Lipinski definition) is 6. The van der Waals surface area contributed by atoms with Crippen molar-refractivity contribution in [2.24, 2.45) is 5.92 Å². The van der Waals surface area contributed by atoms with Crippen molar-refractivity contribution in [3.05, 3.63) is 33.8 Å². The molecule has 0 unspecified atom stereocenters. The molecule has 0 radical (unpaired) electrons. The number of aromatic hydroxyl groups is 1. The molecule has 2 amide bonds. The van der Waals surface area contributed by atoms with Crippen LogP contribution in [0.2, 0.25) is 0 Å². The molecule has 1 saturated carbocycles. The number of nitrogens with one attached hydrogen (secondary N) is 1. The fourth-order valence-corrected chi connectivity index (χ4v) is 4.02. The van der Waals surface area contributed by atoms with E-state index in [1.807, 2.05) is 13.8 Å². The van der Waals surface area contributed by atoms with Crippen LogP contribution in [0.25, 0.3) is 11.7 Å². The summed E-state index contributed by atoms with van der Waals surface area (Å²) >= 11 is 0. The van der Waals surface area contributed by atoms with Crippen molar-refractivity contribution in [3.63, 3.8) is 0 Å². The molecule has 4 rings (SSSR count). The fraction of sp³-hybridized carbons (Fsp3) is 0.565. The molecule has 178 valence electrons. The molecule has 3 heterocycles. The highest BCUT2D eigenvalue weighted by Crippen LogP contribution is 2.24. The molecule has 2 aromatic heterocycles. The number of aromatic nitrogens is 3. The molecule has 1 aliphatic carbocycles. The van der Waals surface area contributed by atoms with E-state index in [1.54, 1.807) is 17.9 Å². The maximum Gasteiger partial charge on any atom is 0.270 e. The molecule has 0 aromatic carbocycles. The molecule has 2 fully saturated rings. The second-order valence-electron chi connectivity index (χ2n) is 9.75. The molecule has 1 saturated heterocycles. The van der Waals surface area contributed by atoms with Crippen LogP contribution in [0.15, 0.2) is 17.1 Å². The summed E-state index contributed by atoms with van der Waals surface area (Å²) in [5, 5.41) is 27.8. The van der Waals surface area contributed by atoms with E-state index in [-0.39, 0.29) is 23.4 Å². The largest absolute Gasteiger partial charge is 0.492 e. The third-order valence-electron chi connectivity index (χ3n) is 6.16. The average molecular weight is 458 g/mol. The van der Waals surface area contributed by atoms with Crippen LogP contribution < -0.4 is 10.9 Å². The molecule has 10 nitrogen and oxygen atoms in total. The number of hydrogen-bond donors (Lipinski definition) is 3. The fourth-order valence-electron chi connectivity index (χ4n) is 4.02. The standard InChI is InChI=1S/C23H31N5O5/c1-14(2)13-27-20-15(4-7-17(29)26-10-8-23(3,33)9-11-26)12-24-28(20)22(32)18(21(27)31)19(30)25-16-5-6-16/h4,7,12,14,16,32-33H,5-6,8-11,13H2,1-3H3,(H,25,30). The van der Waals surface area contributed by atoms with Gasteiger partial charge in [-0.15, -0.1) is 0 Å². The number of likely N-dealkylation sites (tertiary alicyclic amines) is 1. The maximum absolute atomic E-state index is 13.3. The SMILES string of the molecule is CC(C)Cn1c(=O)c(C(=O)NC2CC2)c(O)n2ncc(C=CC(=O)N3CCC(C)(O)CC3)c12. The molecule has 0 spiro atoms. The summed E-state index contributed by atoms with van der Waals surface area (Å²) in [5.41, 5.74) is -0.872. The van der Waals surface area contributed by atoms with Gasteiger partial charge < -0.3 is 20.4 Å². The van der Waals surface area contributed by atoms with Crippen LogP contribution in [0.4, 0.5) is 0 Å². The van der Waals surface area contributed by atoms with E-state index < -0.39 is 22.9 Å². The summed E-state index contributed by atoms with van der Waals surface area (Å²) in [5.74, 6) is -1.24. The van der Waals surface area contributed by atoms with Gasteiger partial charge in [-0.3, -0.25) is 19.0 Å². The lowest BCUT2D eigenvalue weighted by Crippen LogP contribution is -2.44. The van der Waals surface area contributed by atoms with E-state index in [0.717, 1.165) is 12.8 Å². The summed E-state index contributed by atoms with van der Waals surface area (Å²) in [6.07, 6.45) is 7.16. The molecular weight excluding hydrogens is 426 g/mol. The van der Waals surface area contributed by atoms with Gasteiger partial charge in [-0.25, -0.2) is 0 Å². The van der Waals surface area contributed by atoms with E-state index in [1.165, 1.54) is 21.4 Å². The minimum Gasteiger partial charge on any atom is -0.492 e. The Kier molecular flexibility index (Phi) is 6.04. The van der Waals surface area contributed by atoms with Gasteiger partial charge in [0.2, 0.25) is 11.8 Å². The molecule has 33 heavy (non-hydrogen) atoms. The number of piperidine rings is 1. The summed E-state index contributed by atoms with van der Waals surface area (Å²) < 4.78 is 2.61. The molecule has 2 aromatic rings. The Bertz CT molecular complexity index is 1160. The highest BCUT2D eigenvalue weighted by molar-refractivity contribution is 5.97. The van der Waals surface area contributed by atoms with Crippen LogP contribution in [-0.4, -0.2) is 65.8 Å². The van der Waals surface area contributed by atoms with Crippen LogP contribution in [0.1, 0.15) is 62.4 Å². The number of nitrogens with zero attached hydrogens (tertiary/aromatic N) is 4. The van der Waals surface area contributed by atoms with Crippen LogP contribution in [0, 0.1) is 5.92 Å². The van der Waals surface area contributed by atoms with E-state index in [9.17, 15) is 24.6 Å². The first-order valence-corrected chi connectivity index (χ1v) is 11.4. The quantitative estimate of drug-likeness (QED) is 0.558. The third kappa shape index (κ3) is 4.80. The Morgan fingerprint density at radius 2 is 1.97 bits per heavy atom. The lowest BCUT2D eigenvalue weighted by molar-refractivity contribution is -0.129. The Morgan fingerprint density at radius 1 is 1.30 bits per heavy atom. The van der Waals surface area contributed by atoms with Crippen molar-refractivity contribution < 1.29 is 19.8 Å². The molecule has 3 N–H and O–H groups in total. The van der Waals surface area contributed by atoms with Crippen LogP contribution in [0.5, 0.6) is 5.88 Å². The maximum atomic E-state index is 13.3. The normalized spacial score (nSPS) is 18.4. The van der Waals surface area contributed by atoms with Gasteiger partial charge in [0.1, 0.15) is 5.65 Å². The molecule has 10 heteroatoms. The zero-order chi connectivity index (χ0) is 23.9. The van der Waals surface area contributed by atoms with Crippen molar-refractivity contribution in [2.75, 3.05) is 13.1 Å². The number of amides is 2. The topological polar surface area (TPSA) is 129 Å². The minimum atomic E-state index is -0.753. The van der Waals surface area contributed by atoms with Gasteiger partial charge in [0.15, 0.2) is 5.56 Å². The Labute approximate surface area is 191 Å². The van der Waals surface area contributed by atoms with Crippen molar-refractivity contribution >= 4 is 23.5 Å². The van der Waals surface area contributed by atoms with Crippen molar-refractivity contribution in [1.82, 2.24) is 24.4 Å². The van der Waals surface area contributed by atoms with Gasteiger partial charge in [0, 0.05) is 37.3 Å². The second-order valence-corrected chi connectivity index (χ2v) is 9.75. The van der Waals surface area contributed by atoms with Gasteiger partial charge in [0.25, 0.3) is 11.5 Å². The van der Waals surface area contributed by atoms with Crippen molar-refractivity contribution in [3.8, 4) is 5.88 Å². The first-order valence-electron chi connectivity index (χ1n) is 11.4. The number of aliphatic hydroxyl groups is 1. The van der Waals surface area contributed by atoms with Crippen molar-refractivity contribution in [2.45, 2.75) is 64.6 Å². The van der Waals surface area contributed by atoms with Gasteiger partial charge in [-0.05, 0) is 44.6 Å². The minimum absolute atomic E-state index is 0.0335. The number of carbonyl (C=O) groups excluding carboxylic acids is 2. The Balaban J connectivity index is 1.69. The average Bonchev–Trinajstić information content (AvgIpc) is 3.44. The van der Waals surface area contributed by atoms with Crippen LogP contribution in [0.3, 0.4) is 0 Å². The lowest BCUT2D eigenvalue weighted by atomic mass is 9.94. The Hall–Kier alpha value is -3.14. The predicted octanol–water partition coefficient (Wildman–Crippen LogP) is 1.14. The third-order valence-corrected chi connectivity index (χ3v) is 6.16. The van der Waals surface area contributed by atoms with E-state index in [2.05, 4.69) is 10.4 Å². The first kappa shape index (κ1) is 23.0. The molecule has 2 aliphatic rings. The van der Waals surface area contributed by atoms with Gasteiger partial charge in [0.05, 0.1) is 11.8 Å². The summed E-state index contributed by atoms with van der Waals surface area (Å²) in [6.45, 7) is 6.89. The molecular formula is C23H31N5O5. The van der Waals surface area contributed by atoms with Crippen molar-refractivity contribution in [1.29, 1.82) is 0 Å². The zero-order valence-electron chi connectivity index (χ0n) is 19.2. The van der Waals surface area contributed by atoms with E-state index in [4.69, 9.17) is 0 Å². The van der Waals surface area contributed by atoms with Crippen LogP contribution in [-0.2, 0) is 11.3 Å². The van der Waals surface area contributed by atoms with Gasteiger partial charge in [-0.1, -0.05) is 13.8 Å². The number of rotatable bonds is 6.